The number of piperidine rings is 1. The van der Waals surface area contributed by atoms with Crippen LogP contribution in [0, 0.1) is 5.41 Å². The molecule has 0 aliphatic carbocycles. The second-order valence-electron chi connectivity index (χ2n) is 7.36. The van der Waals surface area contributed by atoms with Crippen LogP contribution in [0.1, 0.15) is 58.4 Å². The average Bonchev–Trinajstić information content (AvgIpc) is 2.54. The van der Waals surface area contributed by atoms with Gasteiger partial charge < -0.3 is 10.2 Å². The quantitative estimate of drug-likeness (QED) is 0.913. The smallest absolute Gasteiger partial charge is 0.330 e. The molecule has 1 saturated heterocycles. The maximum atomic E-state index is 12.0. The highest BCUT2D eigenvalue weighted by atomic mass is 16.7. The van der Waals surface area contributed by atoms with E-state index in [9.17, 15) is 9.59 Å². The molecule has 5 heteroatoms. The van der Waals surface area contributed by atoms with Gasteiger partial charge >= 0.3 is 5.97 Å². The van der Waals surface area contributed by atoms with Crippen LogP contribution in [-0.4, -0.2) is 30.0 Å². The van der Waals surface area contributed by atoms with Crippen molar-refractivity contribution >= 4 is 17.6 Å². The summed E-state index contributed by atoms with van der Waals surface area (Å²) in [6.45, 7) is 8.89. The van der Waals surface area contributed by atoms with E-state index in [0.717, 1.165) is 31.6 Å². The molecule has 1 aliphatic heterocycles. The third kappa shape index (κ3) is 5.06. The van der Waals surface area contributed by atoms with Gasteiger partial charge in [0.15, 0.2) is 0 Å². The number of nitrogens with one attached hydrogen (secondary N) is 1. The molecule has 132 valence electrons. The Morgan fingerprint density at radius 3 is 2.50 bits per heavy atom. The van der Waals surface area contributed by atoms with Crippen LogP contribution in [0.15, 0.2) is 24.3 Å². The zero-order chi connectivity index (χ0) is 17.7. The highest BCUT2D eigenvalue weighted by molar-refractivity contribution is 5.90. The molecular formula is C19H28N2O3. The minimum Gasteiger partial charge on any atom is -0.367 e. The van der Waals surface area contributed by atoms with Crippen molar-refractivity contribution in [2.45, 2.75) is 52.9 Å². The first kappa shape index (κ1) is 18.5. The van der Waals surface area contributed by atoms with E-state index in [2.05, 4.69) is 17.4 Å². The molecule has 0 unspecified atom stereocenters. The summed E-state index contributed by atoms with van der Waals surface area (Å²) in [5.74, 6) is 0.259. The lowest BCUT2D eigenvalue weighted by Crippen LogP contribution is -2.38. The first-order chi connectivity index (χ1) is 11.3. The van der Waals surface area contributed by atoms with Crippen molar-refractivity contribution in [1.29, 1.82) is 0 Å². The van der Waals surface area contributed by atoms with Gasteiger partial charge in [0, 0.05) is 25.2 Å². The van der Waals surface area contributed by atoms with Gasteiger partial charge in [-0.3, -0.25) is 4.79 Å². The maximum Gasteiger partial charge on any atom is 0.330 e. The molecule has 1 aromatic rings. The number of amides is 1. The molecule has 1 N–H and O–H groups in total. The molecule has 5 nitrogen and oxygen atoms in total. The predicted molar refractivity (Wildman–Crippen MR) is 94.5 cm³/mol. The fraction of sp³-hybridized carbons (Fsp3) is 0.579. The summed E-state index contributed by atoms with van der Waals surface area (Å²) in [5, 5.41) is 4.67. The molecule has 24 heavy (non-hydrogen) atoms. The highest BCUT2D eigenvalue weighted by Crippen LogP contribution is 2.30. The van der Waals surface area contributed by atoms with E-state index in [1.807, 2.05) is 39.8 Å². The molecule has 0 bridgehead atoms. The van der Waals surface area contributed by atoms with E-state index in [1.165, 1.54) is 5.56 Å². The molecule has 1 fully saturated rings. The lowest BCUT2D eigenvalue weighted by atomic mass is 9.90. The maximum absolute atomic E-state index is 12.0. The van der Waals surface area contributed by atoms with Crippen LogP contribution < -0.4 is 5.32 Å². The number of carbonyl (C=O) groups excluding carboxylic acids is 2. The second kappa shape index (κ2) is 7.79. The van der Waals surface area contributed by atoms with Crippen molar-refractivity contribution in [3.63, 3.8) is 0 Å². The van der Waals surface area contributed by atoms with Gasteiger partial charge in [0.05, 0.1) is 5.41 Å². The summed E-state index contributed by atoms with van der Waals surface area (Å²) in [4.78, 5) is 29.0. The van der Waals surface area contributed by atoms with E-state index in [-0.39, 0.29) is 11.9 Å². The molecule has 1 heterocycles. The molecule has 0 saturated carbocycles. The molecule has 1 aromatic carbocycles. The van der Waals surface area contributed by atoms with Crippen LogP contribution in [0.4, 0.5) is 5.69 Å². The fourth-order valence-electron chi connectivity index (χ4n) is 2.65. The summed E-state index contributed by atoms with van der Waals surface area (Å²) in [5.41, 5.74) is 1.59. The third-order valence-electron chi connectivity index (χ3n) is 4.24. The fourth-order valence-corrected chi connectivity index (χ4v) is 2.65. The van der Waals surface area contributed by atoms with E-state index < -0.39 is 5.41 Å². The molecule has 0 spiro atoms. The molecule has 2 rings (SSSR count). The Kier molecular flexibility index (Phi) is 5.99. The summed E-state index contributed by atoms with van der Waals surface area (Å²) in [6.07, 6.45) is 2.34. The van der Waals surface area contributed by atoms with Gasteiger partial charge in [0.25, 0.3) is 0 Å². The molecule has 1 amide bonds. The summed E-state index contributed by atoms with van der Waals surface area (Å²) in [6, 6.07) is 8.04. The number of benzene rings is 1. The van der Waals surface area contributed by atoms with Gasteiger partial charge in [0.1, 0.15) is 0 Å². The van der Waals surface area contributed by atoms with Crippen molar-refractivity contribution < 1.29 is 14.4 Å². The highest BCUT2D eigenvalue weighted by Gasteiger charge is 2.28. The zero-order valence-corrected chi connectivity index (χ0v) is 15.1. The van der Waals surface area contributed by atoms with Crippen molar-refractivity contribution in [1.82, 2.24) is 5.06 Å². The standard InChI is InChI=1S/C19H28N2O3/c1-5-17(22)20-16-8-6-7-15(13-16)14-9-11-21(12-10-14)24-18(23)19(2,3)4/h6-8,13-14H,5,9-12H2,1-4H3,(H,20,22). The van der Waals surface area contributed by atoms with E-state index in [4.69, 9.17) is 4.84 Å². The van der Waals surface area contributed by atoms with Gasteiger partial charge in [-0.2, -0.15) is 0 Å². The summed E-state index contributed by atoms with van der Waals surface area (Å²) >= 11 is 0. The zero-order valence-electron chi connectivity index (χ0n) is 15.1. The van der Waals surface area contributed by atoms with Crippen molar-refractivity contribution in [2.75, 3.05) is 18.4 Å². The van der Waals surface area contributed by atoms with Crippen LogP contribution in [-0.2, 0) is 14.4 Å². The van der Waals surface area contributed by atoms with Gasteiger partial charge in [-0.25, -0.2) is 4.79 Å². The monoisotopic (exact) mass is 332 g/mol. The average molecular weight is 332 g/mol. The Balaban J connectivity index is 1.91. The first-order valence-corrected chi connectivity index (χ1v) is 8.66. The SMILES string of the molecule is CCC(=O)Nc1cccc(C2CCN(OC(=O)C(C)(C)C)CC2)c1. The molecule has 0 aromatic heterocycles. The second-order valence-corrected chi connectivity index (χ2v) is 7.36. The van der Waals surface area contributed by atoms with E-state index in [0.29, 0.717) is 12.3 Å². The Morgan fingerprint density at radius 1 is 1.25 bits per heavy atom. The van der Waals surface area contributed by atoms with Crippen LogP contribution in [0.5, 0.6) is 0 Å². The predicted octanol–water partition coefficient (Wildman–Crippen LogP) is 3.72. The Bertz CT molecular complexity index is 585. The van der Waals surface area contributed by atoms with E-state index >= 15 is 0 Å². The van der Waals surface area contributed by atoms with Gasteiger partial charge in [-0.1, -0.05) is 19.1 Å². The number of anilines is 1. The minimum absolute atomic E-state index is 0.0241. The normalized spacial score (nSPS) is 16.7. The number of carbonyl (C=O) groups is 2. The molecular weight excluding hydrogens is 304 g/mol. The third-order valence-corrected chi connectivity index (χ3v) is 4.24. The van der Waals surface area contributed by atoms with Crippen molar-refractivity contribution in [3.05, 3.63) is 29.8 Å². The Labute approximate surface area is 144 Å². The van der Waals surface area contributed by atoms with Gasteiger partial charge in [-0.05, 0) is 57.2 Å². The number of nitrogens with zero attached hydrogens (tertiary/aromatic N) is 1. The topological polar surface area (TPSA) is 58.6 Å². The molecule has 1 aliphatic rings. The number of hydrogen-bond acceptors (Lipinski definition) is 4. The summed E-state index contributed by atoms with van der Waals surface area (Å²) < 4.78 is 0. The van der Waals surface area contributed by atoms with Crippen LogP contribution >= 0.6 is 0 Å². The largest absolute Gasteiger partial charge is 0.367 e. The first-order valence-electron chi connectivity index (χ1n) is 8.66. The van der Waals surface area contributed by atoms with Gasteiger partial charge in [-0.15, -0.1) is 5.06 Å². The van der Waals surface area contributed by atoms with Crippen LogP contribution in [0.25, 0.3) is 0 Å². The number of hydrogen-bond donors (Lipinski definition) is 1. The van der Waals surface area contributed by atoms with Crippen LogP contribution in [0.3, 0.4) is 0 Å². The minimum atomic E-state index is -0.483. The lowest BCUT2D eigenvalue weighted by molar-refractivity contribution is -0.204. The Morgan fingerprint density at radius 2 is 1.92 bits per heavy atom. The number of rotatable bonds is 4. The Hall–Kier alpha value is -1.88. The molecule has 0 atom stereocenters. The van der Waals surface area contributed by atoms with E-state index in [1.54, 1.807) is 5.06 Å². The molecule has 0 radical (unpaired) electrons. The van der Waals surface area contributed by atoms with Gasteiger partial charge in [0.2, 0.25) is 5.91 Å². The lowest BCUT2D eigenvalue weighted by Gasteiger charge is -2.32. The van der Waals surface area contributed by atoms with Crippen molar-refractivity contribution in [2.24, 2.45) is 5.41 Å². The van der Waals surface area contributed by atoms with Crippen LogP contribution in [0.2, 0.25) is 0 Å². The van der Waals surface area contributed by atoms with Crippen molar-refractivity contribution in [3.8, 4) is 0 Å². The number of hydroxylamine groups is 2. The summed E-state index contributed by atoms with van der Waals surface area (Å²) in [7, 11) is 0.